The van der Waals surface area contributed by atoms with E-state index in [1.165, 1.54) is 18.5 Å². The molecule has 1 aromatic carbocycles. The van der Waals surface area contributed by atoms with Crippen molar-refractivity contribution in [2.75, 3.05) is 33.4 Å². The largest absolute Gasteiger partial charge is 0.384 e. The van der Waals surface area contributed by atoms with E-state index in [0.29, 0.717) is 24.2 Å². The molecule has 1 saturated heterocycles. The molecular formula is C16H23Cl2FN4O2. The van der Waals surface area contributed by atoms with E-state index in [2.05, 4.69) is 20.6 Å². The van der Waals surface area contributed by atoms with Crippen LogP contribution < -0.4 is 10.6 Å². The summed E-state index contributed by atoms with van der Waals surface area (Å²) in [6.07, 6.45) is 3.32. The van der Waals surface area contributed by atoms with E-state index in [-0.39, 0.29) is 41.7 Å². The maximum atomic E-state index is 13.7. The highest BCUT2D eigenvalue weighted by atomic mass is 35.5. The van der Waals surface area contributed by atoms with E-state index < -0.39 is 5.82 Å². The number of halogens is 3. The Labute approximate surface area is 158 Å². The number of aromatic amines is 1. The molecule has 1 aliphatic heterocycles. The van der Waals surface area contributed by atoms with Crippen molar-refractivity contribution in [3.63, 3.8) is 0 Å². The Balaban J connectivity index is 0.00000156. The number of nitrogens with zero attached hydrogens (tertiary/aromatic N) is 1. The van der Waals surface area contributed by atoms with Crippen LogP contribution in [0.5, 0.6) is 0 Å². The lowest BCUT2D eigenvalue weighted by atomic mass is 9.79. The van der Waals surface area contributed by atoms with Crippen molar-refractivity contribution < 1.29 is 13.9 Å². The zero-order valence-corrected chi connectivity index (χ0v) is 15.6. The highest BCUT2D eigenvalue weighted by Gasteiger charge is 2.32. The van der Waals surface area contributed by atoms with Gasteiger partial charge in [-0.15, -0.1) is 24.8 Å². The van der Waals surface area contributed by atoms with Gasteiger partial charge in [0, 0.05) is 19.1 Å². The first-order chi connectivity index (χ1) is 11.1. The third-order valence-corrected chi connectivity index (χ3v) is 4.47. The molecule has 9 heteroatoms. The fourth-order valence-electron chi connectivity index (χ4n) is 3.19. The van der Waals surface area contributed by atoms with Gasteiger partial charge in [0.1, 0.15) is 11.3 Å². The van der Waals surface area contributed by atoms with Crippen LogP contribution in [0.25, 0.3) is 11.0 Å². The number of carbonyl (C=O) groups excluding carboxylic acids is 1. The normalized spacial score (nSPS) is 15.9. The smallest absolute Gasteiger partial charge is 0.253 e. The Kier molecular flexibility index (Phi) is 8.08. The number of nitrogens with one attached hydrogen (secondary N) is 3. The van der Waals surface area contributed by atoms with Crippen molar-refractivity contribution in [1.82, 2.24) is 20.6 Å². The molecule has 2 aromatic rings. The van der Waals surface area contributed by atoms with E-state index in [1.54, 1.807) is 7.11 Å². The topological polar surface area (TPSA) is 79.0 Å². The van der Waals surface area contributed by atoms with Gasteiger partial charge in [0.25, 0.3) is 5.91 Å². The van der Waals surface area contributed by atoms with Crippen LogP contribution >= 0.6 is 24.8 Å². The summed E-state index contributed by atoms with van der Waals surface area (Å²) >= 11 is 0. The second kappa shape index (κ2) is 9.33. The molecule has 0 bridgehead atoms. The van der Waals surface area contributed by atoms with Crippen molar-refractivity contribution in [2.45, 2.75) is 12.8 Å². The van der Waals surface area contributed by atoms with Gasteiger partial charge in [0.15, 0.2) is 0 Å². The number of imidazole rings is 1. The minimum absolute atomic E-state index is 0. The second-order valence-electron chi connectivity index (χ2n) is 6.12. The van der Waals surface area contributed by atoms with Gasteiger partial charge in [-0.2, -0.15) is 0 Å². The number of H-pyrrole nitrogens is 1. The lowest BCUT2D eigenvalue weighted by Gasteiger charge is -2.37. The highest BCUT2D eigenvalue weighted by molar-refractivity contribution is 6.04. The van der Waals surface area contributed by atoms with Gasteiger partial charge in [-0.1, -0.05) is 0 Å². The fourth-order valence-corrected chi connectivity index (χ4v) is 3.19. The molecule has 3 N–H and O–H groups in total. The van der Waals surface area contributed by atoms with Crippen LogP contribution in [-0.4, -0.2) is 49.2 Å². The molecule has 0 spiro atoms. The van der Waals surface area contributed by atoms with Crippen LogP contribution in [0, 0.1) is 11.2 Å². The lowest BCUT2D eigenvalue weighted by Crippen LogP contribution is -2.47. The number of piperidine rings is 1. The summed E-state index contributed by atoms with van der Waals surface area (Å²) in [7, 11) is 1.67. The predicted molar refractivity (Wildman–Crippen MR) is 99.3 cm³/mol. The third kappa shape index (κ3) is 4.82. The molecule has 1 aromatic heterocycles. The zero-order chi connectivity index (χ0) is 16.3. The van der Waals surface area contributed by atoms with Crippen LogP contribution in [0.3, 0.4) is 0 Å². The molecule has 1 aliphatic rings. The number of aromatic nitrogens is 2. The van der Waals surface area contributed by atoms with Gasteiger partial charge in [0.05, 0.1) is 24.0 Å². The predicted octanol–water partition coefficient (Wildman–Crippen LogP) is 2.29. The Bertz CT molecular complexity index is 699. The Morgan fingerprint density at radius 1 is 1.36 bits per heavy atom. The number of rotatable bonds is 5. The average molecular weight is 393 g/mol. The summed E-state index contributed by atoms with van der Waals surface area (Å²) in [5.41, 5.74) is 1.18. The van der Waals surface area contributed by atoms with Gasteiger partial charge < -0.3 is 20.4 Å². The summed E-state index contributed by atoms with van der Waals surface area (Å²) in [5.74, 6) is -0.768. The number of ether oxygens (including phenoxy) is 1. The molecule has 140 valence electrons. The van der Waals surface area contributed by atoms with E-state index in [4.69, 9.17) is 4.74 Å². The minimum Gasteiger partial charge on any atom is -0.384 e. The summed E-state index contributed by atoms with van der Waals surface area (Å²) in [4.78, 5) is 19.5. The summed E-state index contributed by atoms with van der Waals surface area (Å²) < 4.78 is 19.0. The van der Waals surface area contributed by atoms with Crippen molar-refractivity contribution in [1.29, 1.82) is 0 Å². The summed E-state index contributed by atoms with van der Waals surface area (Å²) in [5, 5.41) is 6.25. The zero-order valence-electron chi connectivity index (χ0n) is 13.9. The Hall–Kier alpha value is -1.41. The van der Waals surface area contributed by atoms with Gasteiger partial charge in [0.2, 0.25) is 0 Å². The van der Waals surface area contributed by atoms with E-state index in [1.807, 2.05) is 0 Å². The number of amides is 1. The van der Waals surface area contributed by atoms with Crippen molar-refractivity contribution in [3.8, 4) is 0 Å². The standard InChI is InChI=1S/C16H21FN4O2.2ClH/c1-23-9-16(2-4-18-5-3-16)8-19-15(22)12-6-11(17)7-13-14(12)21-10-20-13;;/h6-7,10,18H,2-5,8-9H2,1H3,(H,19,22)(H,20,21);2*1H. The van der Waals surface area contributed by atoms with Crippen LogP contribution in [0.4, 0.5) is 4.39 Å². The molecular weight excluding hydrogens is 370 g/mol. The van der Waals surface area contributed by atoms with Gasteiger partial charge in [-0.3, -0.25) is 4.79 Å². The molecule has 0 atom stereocenters. The van der Waals surface area contributed by atoms with Gasteiger partial charge >= 0.3 is 0 Å². The first kappa shape index (κ1) is 21.6. The second-order valence-corrected chi connectivity index (χ2v) is 6.12. The maximum absolute atomic E-state index is 13.7. The van der Waals surface area contributed by atoms with Crippen molar-refractivity contribution in [3.05, 3.63) is 29.8 Å². The molecule has 1 fully saturated rings. The minimum atomic E-state index is -0.458. The fraction of sp³-hybridized carbons (Fsp3) is 0.500. The van der Waals surface area contributed by atoms with Gasteiger partial charge in [-0.25, -0.2) is 9.37 Å². The van der Waals surface area contributed by atoms with Crippen molar-refractivity contribution >= 4 is 41.8 Å². The highest BCUT2D eigenvalue weighted by Crippen LogP contribution is 2.28. The van der Waals surface area contributed by atoms with Crippen LogP contribution in [0.15, 0.2) is 18.5 Å². The monoisotopic (exact) mass is 392 g/mol. The van der Waals surface area contributed by atoms with Crippen LogP contribution in [0.2, 0.25) is 0 Å². The molecule has 25 heavy (non-hydrogen) atoms. The lowest BCUT2D eigenvalue weighted by molar-refractivity contribution is 0.0512. The molecule has 0 aliphatic carbocycles. The van der Waals surface area contributed by atoms with Crippen LogP contribution in [0.1, 0.15) is 23.2 Å². The van der Waals surface area contributed by atoms with E-state index in [9.17, 15) is 9.18 Å². The maximum Gasteiger partial charge on any atom is 0.253 e. The molecule has 6 nitrogen and oxygen atoms in total. The average Bonchev–Trinajstić information content (AvgIpc) is 3.01. The number of hydrogen-bond donors (Lipinski definition) is 3. The van der Waals surface area contributed by atoms with Gasteiger partial charge in [-0.05, 0) is 38.1 Å². The molecule has 0 unspecified atom stereocenters. The molecule has 2 heterocycles. The Morgan fingerprint density at radius 3 is 2.76 bits per heavy atom. The number of methoxy groups -OCH3 is 1. The number of carbonyl (C=O) groups is 1. The molecule has 0 saturated carbocycles. The number of hydrogen-bond acceptors (Lipinski definition) is 4. The summed E-state index contributed by atoms with van der Waals surface area (Å²) in [6, 6.07) is 2.56. The van der Waals surface area contributed by atoms with E-state index in [0.717, 1.165) is 25.9 Å². The molecule has 3 rings (SSSR count). The molecule has 1 amide bonds. The van der Waals surface area contributed by atoms with Crippen molar-refractivity contribution in [2.24, 2.45) is 5.41 Å². The summed E-state index contributed by atoms with van der Waals surface area (Å²) in [6.45, 7) is 2.91. The number of benzene rings is 1. The van der Waals surface area contributed by atoms with Crippen LogP contribution in [-0.2, 0) is 4.74 Å². The quantitative estimate of drug-likeness (QED) is 0.729. The first-order valence-corrected chi connectivity index (χ1v) is 7.74. The first-order valence-electron chi connectivity index (χ1n) is 7.74. The third-order valence-electron chi connectivity index (χ3n) is 4.47. The number of fused-ring (bicyclic) bond motifs is 1. The molecule has 0 radical (unpaired) electrons. The Morgan fingerprint density at radius 2 is 2.08 bits per heavy atom. The van der Waals surface area contributed by atoms with E-state index >= 15 is 0 Å². The SMILES string of the molecule is COCC1(CNC(=O)c2cc(F)cc3[nH]cnc23)CCNCC1.Cl.Cl.